The summed E-state index contributed by atoms with van der Waals surface area (Å²) in [6, 6.07) is 2.27. The number of hydrogen-bond acceptors (Lipinski definition) is 3. The number of nitrogens with two attached hydrogens (primary N) is 1. The molecule has 86 valence electrons. The zero-order valence-corrected chi connectivity index (χ0v) is 8.20. The predicted molar refractivity (Wildman–Crippen MR) is 50.7 cm³/mol. The maximum Gasteiger partial charge on any atom is 0.420 e. The van der Waals surface area contributed by atoms with Crippen LogP contribution in [0.3, 0.4) is 0 Å². The van der Waals surface area contributed by atoms with Crippen LogP contribution in [0, 0.1) is 0 Å². The van der Waals surface area contributed by atoms with E-state index in [2.05, 4.69) is 10.1 Å². The fourth-order valence-corrected chi connectivity index (χ4v) is 1.41. The summed E-state index contributed by atoms with van der Waals surface area (Å²) >= 11 is 0. The van der Waals surface area contributed by atoms with Gasteiger partial charge in [-0.1, -0.05) is 0 Å². The summed E-state index contributed by atoms with van der Waals surface area (Å²) in [5.74, 6) is 0.319. The molecule has 16 heavy (non-hydrogen) atoms. The van der Waals surface area contributed by atoms with Crippen molar-refractivity contribution in [1.29, 1.82) is 0 Å². The summed E-state index contributed by atoms with van der Waals surface area (Å²) in [5, 5.41) is 3.90. The van der Waals surface area contributed by atoms with Crippen molar-refractivity contribution in [2.45, 2.75) is 12.6 Å². The molecule has 4 nitrogen and oxygen atoms in total. The number of halogens is 3. The van der Waals surface area contributed by atoms with E-state index in [1.54, 1.807) is 0 Å². The first kappa shape index (κ1) is 10.9. The van der Waals surface area contributed by atoms with Crippen LogP contribution >= 0.6 is 0 Å². The number of nitrogens with zero attached hydrogens (tertiary/aromatic N) is 3. The Labute approximate surface area is 88.9 Å². The molecule has 2 aromatic heterocycles. The van der Waals surface area contributed by atoms with E-state index in [4.69, 9.17) is 5.73 Å². The highest BCUT2D eigenvalue weighted by atomic mass is 19.4. The van der Waals surface area contributed by atoms with Gasteiger partial charge in [0.15, 0.2) is 11.5 Å². The van der Waals surface area contributed by atoms with Gasteiger partial charge < -0.3 is 5.73 Å². The van der Waals surface area contributed by atoms with Gasteiger partial charge in [-0.25, -0.2) is 9.50 Å². The van der Waals surface area contributed by atoms with E-state index in [-0.39, 0.29) is 5.65 Å². The van der Waals surface area contributed by atoms with Crippen LogP contribution in [0.1, 0.15) is 11.4 Å². The molecule has 0 radical (unpaired) electrons. The fourth-order valence-electron chi connectivity index (χ4n) is 1.41. The Balaban J connectivity index is 2.59. The number of rotatable bonds is 2. The molecule has 0 aliphatic heterocycles. The van der Waals surface area contributed by atoms with E-state index >= 15 is 0 Å². The van der Waals surface area contributed by atoms with Crippen LogP contribution in [0.2, 0.25) is 0 Å². The Morgan fingerprint density at radius 1 is 1.38 bits per heavy atom. The Hall–Kier alpha value is -1.63. The fraction of sp³-hybridized carbons (Fsp3) is 0.333. The quantitative estimate of drug-likeness (QED) is 0.844. The molecule has 0 bridgehead atoms. The normalized spacial score (nSPS) is 12.2. The maximum atomic E-state index is 12.6. The summed E-state index contributed by atoms with van der Waals surface area (Å²) in [7, 11) is 0. The van der Waals surface area contributed by atoms with Crippen molar-refractivity contribution < 1.29 is 13.2 Å². The minimum Gasteiger partial charge on any atom is -0.330 e. The van der Waals surface area contributed by atoms with E-state index in [0.29, 0.717) is 18.8 Å². The third kappa shape index (κ3) is 1.85. The zero-order chi connectivity index (χ0) is 11.8. The van der Waals surface area contributed by atoms with Crippen LogP contribution < -0.4 is 5.73 Å². The summed E-state index contributed by atoms with van der Waals surface area (Å²) < 4.78 is 38.9. The topological polar surface area (TPSA) is 56.2 Å². The number of pyridine rings is 1. The van der Waals surface area contributed by atoms with Crippen LogP contribution in [-0.4, -0.2) is 21.1 Å². The van der Waals surface area contributed by atoms with Crippen LogP contribution in [0.15, 0.2) is 18.3 Å². The van der Waals surface area contributed by atoms with Crippen LogP contribution in [0.4, 0.5) is 13.2 Å². The van der Waals surface area contributed by atoms with Crippen LogP contribution in [-0.2, 0) is 12.6 Å². The van der Waals surface area contributed by atoms with Gasteiger partial charge in [-0.3, -0.25) is 0 Å². The van der Waals surface area contributed by atoms with Gasteiger partial charge in [0.05, 0.1) is 0 Å². The lowest BCUT2D eigenvalue weighted by molar-refractivity contribution is -0.136. The molecule has 0 fully saturated rings. The van der Waals surface area contributed by atoms with Gasteiger partial charge in [0, 0.05) is 12.6 Å². The lowest BCUT2D eigenvalue weighted by Gasteiger charge is -2.05. The second-order valence-corrected chi connectivity index (χ2v) is 3.25. The van der Waals surface area contributed by atoms with Crippen molar-refractivity contribution in [3.05, 3.63) is 29.7 Å². The molecule has 0 aromatic carbocycles. The Kier molecular flexibility index (Phi) is 2.55. The maximum absolute atomic E-state index is 12.6. The number of alkyl halides is 3. The van der Waals surface area contributed by atoms with Gasteiger partial charge >= 0.3 is 6.18 Å². The number of hydrogen-bond donors (Lipinski definition) is 1. The Morgan fingerprint density at radius 2 is 2.12 bits per heavy atom. The van der Waals surface area contributed by atoms with Gasteiger partial charge in [0.1, 0.15) is 5.56 Å². The molecule has 0 amide bonds. The van der Waals surface area contributed by atoms with Crippen molar-refractivity contribution in [3.8, 4) is 0 Å². The molecule has 0 saturated carbocycles. The van der Waals surface area contributed by atoms with Crippen molar-refractivity contribution >= 4 is 5.65 Å². The average molecular weight is 230 g/mol. The smallest absolute Gasteiger partial charge is 0.330 e. The standard InChI is InChI=1S/C9H9F3N4/c10-9(11,12)6-2-1-5-16-8(6)14-7(15-16)3-4-13/h1-2,5H,3-4,13H2. The van der Waals surface area contributed by atoms with Crippen LogP contribution in [0.5, 0.6) is 0 Å². The number of aromatic nitrogens is 3. The summed E-state index contributed by atoms with van der Waals surface area (Å²) in [4.78, 5) is 3.82. The van der Waals surface area contributed by atoms with Crippen molar-refractivity contribution in [2.24, 2.45) is 5.73 Å². The van der Waals surface area contributed by atoms with E-state index in [1.807, 2.05) is 0 Å². The summed E-state index contributed by atoms with van der Waals surface area (Å²) in [6.45, 7) is 0.304. The van der Waals surface area contributed by atoms with E-state index in [9.17, 15) is 13.2 Å². The van der Waals surface area contributed by atoms with Crippen molar-refractivity contribution in [1.82, 2.24) is 14.6 Å². The average Bonchev–Trinajstić information content (AvgIpc) is 2.58. The first-order chi connectivity index (χ1) is 7.52. The molecule has 0 aliphatic carbocycles. The first-order valence-electron chi connectivity index (χ1n) is 4.64. The SMILES string of the molecule is NCCc1nc2c(C(F)(F)F)cccn2n1. The highest BCUT2D eigenvalue weighted by Gasteiger charge is 2.34. The molecule has 0 atom stereocenters. The van der Waals surface area contributed by atoms with Gasteiger partial charge in [-0.15, -0.1) is 0 Å². The second-order valence-electron chi connectivity index (χ2n) is 3.25. The number of fused-ring (bicyclic) bond motifs is 1. The van der Waals surface area contributed by atoms with E-state index in [0.717, 1.165) is 10.6 Å². The van der Waals surface area contributed by atoms with Gasteiger partial charge in [-0.05, 0) is 18.7 Å². The van der Waals surface area contributed by atoms with Gasteiger partial charge in [0.2, 0.25) is 0 Å². The molecule has 2 rings (SSSR count). The molecule has 2 aromatic rings. The second kappa shape index (κ2) is 3.75. The third-order valence-electron chi connectivity index (χ3n) is 2.08. The lowest BCUT2D eigenvalue weighted by Crippen LogP contribution is -2.07. The molecule has 0 unspecified atom stereocenters. The summed E-state index contributed by atoms with van der Waals surface area (Å²) in [5.41, 5.74) is 4.33. The molecular weight excluding hydrogens is 221 g/mol. The van der Waals surface area contributed by atoms with E-state index in [1.165, 1.54) is 12.3 Å². The predicted octanol–water partition coefficient (Wildman–Crippen LogP) is 1.25. The largest absolute Gasteiger partial charge is 0.420 e. The molecular formula is C9H9F3N4. The van der Waals surface area contributed by atoms with Crippen LogP contribution in [0.25, 0.3) is 5.65 Å². The molecule has 0 saturated heterocycles. The minimum atomic E-state index is -4.42. The molecule has 2 heterocycles. The van der Waals surface area contributed by atoms with Crippen molar-refractivity contribution in [3.63, 3.8) is 0 Å². The van der Waals surface area contributed by atoms with Gasteiger partial charge in [0.25, 0.3) is 0 Å². The Bertz CT molecular complexity index is 503. The molecule has 0 spiro atoms. The highest BCUT2D eigenvalue weighted by molar-refractivity contribution is 5.48. The van der Waals surface area contributed by atoms with Gasteiger partial charge in [-0.2, -0.15) is 18.3 Å². The third-order valence-corrected chi connectivity index (χ3v) is 2.08. The summed E-state index contributed by atoms with van der Waals surface area (Å²) in [6.07, 6.45) is -2.63. The molecule has 2 N–H and O–H groups in total. The minimum absolute atomic E-state index is 0.182. The van der Waals surface area contributed by atoms with E-state index < -0.39 is 11.7 Å². The molecule has 0 aliphatic rings. The first-order valence-corrected chi connectivity index (χ1v) is 4.64. The lowest BCUT2D eigenvalue weighted by atomic mass is 10.2. The molecule has 7 heteroatoms. The monoisotopic (exact) mass is 230 g/mol. The Morgan fingerprint density at radius 3 is 2.75 bits per heavy atom. The highest BCUT2D eigenvalue weighted by Crippen LogP contribution is 2.31. The van der Waals surface area contributed by atoms with Crippen molar-refractivity contribution in [2.75, 3.05) is 6.54 Å². The zero-order valence-electron chi connectivity index (χ0n) is 8.20.